The van der Waals surface area contributed by atoms with Crippen molar-refractivity contribution < 1.29 is 4.42 Å². The van der Waals surface area contributed by atoms with Crippen LogP contribution in [0.3, 0.4) is 0 Å². The van der Waals surface area contributed by atoms with E-state index in [0.29, 0.717) is 12.4 Å². The summed E-state index contributed by atoms with van der Waals surface area (Å²) in [7, 11) is 0. The van der Waals surface area contributed by atoms with E-state index >= 15 is 0 Å². The lowest BCUT2D eigenvalue weighted by molar-refractivity contribution is 0.383. The van der Waals surface area contributed by atoms with Crippen LogP contribution < -0.4 is 10.6 Å². The maximum absolute atomic E-state index is 5.77. The quantitative estimate of drug-likeness (QED) is 0.388. The molecule has 0 bridgehead atoms. The topological polar surface area (TPSA) is 62.5 Å². The van der Waals surface area contributed by atoms with Crippen LogP contribution in [-0.4, -0.2) is 24.0 Å². The highest BCUT2D eigenvalue weighted by atomic mass is 127. The minimum atomic E-state index is -0.0293. The Hall–Kier alpha value is -1.09. The van der Waals surface area contributed by atoms with Gasteiger partial charge in [0, 0.05) is 23.4 Å². The minimum Gasteiger partial charge on any atom is -0.443 e. The molecule has 0 aliphatic heterocycles. The van der Waals surface area contributed by atoms with Crippen molar-refractivity contribution in [3.8, 4) is 0 Å². The van der Waals surface area contributed by atoms with E-state index in [2.05, 4.69) is 65.8 Å². The van der Waals surface area contributed by atoms with E-state index in [0.717, 1.165) is 31.2 Å². The Labute approximate surface area is 165 Å². The van der Waals surface area contributed by atoms with Gasteiger partial charge in [-0.05, 0) is 24.8 Å². The predicted octanol–water partition coefficient (Wildman–Crippen LogP) is 3.95. The molecule has 0 aliphatic rings. The molecule has 134 valence electrons. The number of guanidine groups is 1. The van der Waals surface area contributed by atoms with Crippen molar-refractivity contribution >= 4 is 41.3 Å². The van der Waals surface area contributed by atoms with Crippen molar-refractivity contribution in [1.82, 2.24) is 15.6 Å². The molecule has 2 N–H and O–H groups in total. The van der Waals surface area contributed by atoms with E-state index in [1.807, 2.05) is 0 Å². The summed E-state index contributed by atoms with van der Waals surface area (Å²) in [6, 6.07) is 4.23. The van der Waals surface area contributed by atoms with Gasteiger partial charge in [0.25, 0.3) is 0 Å². The SMILES string of the molecule is CCNC(=NCc1ncc(C(C)(C)C)o1)NCCc1cccs1.I. The lowest BCUT2D eigenvalue weighted by atomic mass is 9.94. The van der Waals surface area contributed by atoms with Crippen LogP contribution in [0.15, 0.2) is 33.1 Å². The van der Waals surface area contributed by atoms with Crippen LogP contribution in [0.1, 0.15) is 44.2 Å². The fraction of sp³-hybridized carbons (Fsp3) is 0.529. The molecule has 0 radical (unpaired) electrons. The number of nitrogens with one attached hydrogen (secondary N) is 2. The number of thiophene rings is 1. The predicted molar refractivity (Wildman–Crippen MR) is 111 cm³/mol. The molecular formula is C17H27IN4OS. The third-order valence-electron chi connectivity index (χ3n) is 3.25. The molecule has 0 aliphatic carbocycles. The molecule has 0 unspecified atom stereocenters. The van der Waals surface area contributed by atoms with Gasteiger partial charge in [-0.25, -0.2) is 9.98 Å². The van der Waals surface area contributed by atoms with Gasteiger partial charge in [-0.1, -0.05) is 26.8 Å². The van der Waals surface area contributed by atoms with Crippen LogP contribution in [0.5, 0.6) is 0 Å². The number of nitrogens with zero attached hydrogens (tertiary/aromatic N) is 2. The van der Waals surface area contributed by atoms with Crippen molar-refractivity contribution in [2.75, 3.05) is 13.1 Å². The first-order valence-electron chi connectivity index (χ1n) is 7.99. The first-order valence-corrected chi connectivity index (χ1v) is 8.86. The summed E-state index contributed by atoms with van der Waals surface area (Å²) >= 11 is 1.78. The maximum Gasteiger partial charge on any atom is 0.216 e. The Kier molecular flexibility index (Phi) is 8.75. The van der Waals surface area contributed by atoms with E-state index in [1.165, 1.54) is 4.88 Å². The van der Waals surface area contributed by atoms with Crippen LogP contribution in [0.2, 0.25) is 0 Å². The van der Waals surface area contributed by atoms with Crippen LogP contribution >= 0.6 is 35.3 Å². The number of aromatic nitrogens is 1. The zero-order valence-electron chi connectivity index (χ0n) is 14.8. The van der Waals surface area contributed by atoms with Crippen molar-refractivity contribution in [2.24, 2.45) is 4.99 Å². The van der Waals surface area contributed by atoms with Crippen LogP contribution in [0, 0.1) is 0 Å². The van der Waals surface area contributed by atoms with Crippen molar-refractivity contribution in [1.29, 1.82) is 0 Å². The highest BCUT2D eigenvalue weighted by molar-refractivity contribution is 14.0. The summed E-state index contributed by atoms with van der Waals surface area (Å²) in [6.07, 6.45) is 2.79. The molecule has 0 aromatic carbocycles. The van der Waals surface area contributed by atoms with Crippen LogP contribution in [0.25, 0.3) is 0 Å². The second kappa shape index (κ2) is 10.0. The van der Waals surface area contributed by atoms with Gasteiger partial charge in [0.1, 0.15) is 12.3 Å². The maximum atomic E-state index is 5.77. The van der Waals surface area contributed by atoms with Gasteiger partial charge in [0.05, 0.1) is 6.20 Å². The molecule has 2 heterocycles. The molecule has 0 amide bonds. The Morgan fingerprint density at radius 3 is 2.71 bits per heavy atom. The summed E-state index contributed by atoms with van der Waals surface area (Å²) < 4.78 is 5.77. The summed E-state index contributed by atoms with van der Waals surface area (Å²) in [5, 5.41) is 8.69. The fourth-order valence-corrected chi connectivity index (χ4v) is 2.69. The normalized spacial score (nSPS) is 11.9. The molecule has 24 heavy (non-hydrogen) atoms. The number of halogens is 1. The van der Waals surface area contributed by atoms with E-state index in [9.17, 15) is 0 Å². The lowest BCUT2D eigenvalue weighted by Crippen LogP contribution is -2.38. The van der Waals surface area contributed by atoms with E-state index in [1.54, 1.807) is 17.5 Å². The Morgan fingerprint density at radius 1 is 1.33 bits per heavy atom. The highest BCUT2D eigenvalue weighted by Crippen LogP contribution is 2.22. The number of hydrogen-bond donors (Lipinski definition) is 2. The second-order valence-electron chi connectivity index (χ2n) is 6.32. The first-order chi connectivity index (χ1) is 11.0. The Bertz CT molecular complexity index is 617. The monoisotopic (exact) mass is 462 g/mol. The number of oxazole rings is 1. The molecule has 5 nitrogen and oxygen atoms in total. The van der Waals surface area contributed by atoms with Crippen molar-refractivity contribution in [2.45, 2.75) is 46.1 Å². The third-order valence-corrected chi connectivity index (χ3v) is 4.19. The van der Waals surface area contributed by atoms with E-state index < -0.39 is 0 Å². The molecule has 2 rings (SSSR count). The summed E-state index contributed by atoms with van der Waals surface area (Å²) in [5.74, 6) is 2.32. The average molecular weight is 462 g/mol. The van der Waals surface area contributed by atoms with Crippen molar-refractivity contribution in [3.63, 3.8) is 0 Å². The molecule has 0 saturated heterocycles. The Balaban J connectivity index is 0.00000288. The van der Waals surface area contributed by atoms with Crippen LogP contribution in [-0.2, 0) is 18.4 Å². The lowest BCUT2D eigenvalue weighted by Gasteiger charge is -2.13. The number of hydrogen-bond acceptors (Lipinski definition) is 4. The molecule has 2 aromatic heterocycles. The van der Waals surface area contributed by atoms with Crippen molar-refractivity contribution in [3.05, 3.63) is 40.2 Å². The molecule has 2 aromatic rings. The number of aliphatic imine (C=N–C) groups is 1. The average Bonchev–Trinajstić information content (AvgIpc) is 3.15. The standard InChI is InChI=1S/C17H26N4OS.HI/c1-5-18-16(19-9-8-13-7-6-10-23-13)21-12-15-20-11-14(22-15)17(2,3)4;/h6-7,10-11H,5,8-9,12H2,1-4H3,(H2,18,19,21);1H. The Morgan fingerprint density at radius 2 is 2.12 bits per heavy atom. The van der Waals surface area contributed by atoms with Gasteiger partial charge >= 0.3 is 0 Å². The van der Waals surface area contributed by atoms with Gasteiger partial charge in [0.15, 0.2) is 5.96 Å². The zero-order chi connectivity index (χ0) is 16.7. The summed E-state index contributed by atoms with van der Waals surface area (Å²) in [6.45, 7) is 10.5. The van der Waals surface area contributed by atoms with Gasteiger partial charge in [-0.15, -0.1) is 35.3 Å². The molecule has 0 spiro atoms. The summed E-state index contributed by atoms with van der Waals surface area (Å²) in [4.78, 5) is 10.2. The highest BCUT2D eigenvalue weighted by Gasteiger charge is 2.18. The van der Waals surface area contributed by atoms with Crippen LogP contribution in [0.4, 0.5) is 0 Å². The van der Waals surface area contributed by atoms with Gasteiger partial charge in [-0.3, -0.25) is 0 Å². The fourth-order valence-electron chi connectivity index (χ4n) is 1.98. The van der Waals surface area contributed by atoms with E-state index in [4.69, 9.17) is 4.42 Å². The molecule has 7 heteroatoms. The largest absolute Gasteiger partial charge is 0.443 e. The van der Waals surface area contributed by atoms with E-state index in [-0.39, 0.29) is 29.4 Å². The summed E-state index contributed by atoms with van der Waals surface area (Å²) in [5.41, 5.74) is -0.0293. The molecule has 0 saturated carbocycles. The zero-order valence-corrected chi connectivity index (χ0v) is 17.9. The number of rotatable bonds is 6. The first kappa shape index (κ1) is 21.0. The smallest absolute Gasteiger partial charge is 0.216 e. The molecule has 0 fully saturated rings. The van der Waals surface area contributed by atoms with Gasteiger partial charge < -0.3 is 15.1 Å². The third kappa shape index (κ3) is 6.80. The second-order valence-corrected chi connectivity index (χ2v) is 7.35. The molecular weight excluding hydrogens is 435 g/mol. The van der Waals surface area contributed by atoms with Gasteiger partial charge in [0.2, 0.25) is 5.89 Å². The van der Waals surface area contributed by atoms with Gasteiger partial charge in [-0.2, -0.15) is 0 Å². The molecule has 0 atom stereocenters. The minimum absolute atomic E-state index is 0.